The van der Waals surface area contributed by atoms with E-state index in [4.69, 9.17) is 10.5 Å². The molecule has 106 valence electrons. The van der Waals surface area contributed by atoms with E-state index in [2.05, 4.69) is 4.98 Å². The van der Waals surface area contributed by atoms with Crippen LogP contribution in [0.2, 0.25) is 0 Å². The van der Waals surface area contributed by atoms with Gasteiger partial charge in [-0.25, -0.2) is 9.78 Å². The van der Waals surface area contributed by atoms with Crippen molar-refractivity contribution >= 4 is 22.7 Å². The number of benzene rings is 2. The first-order valence-electron chi connectivity index (χ1n) is 6.70. The number of ether oxygens (including phenoxy) is 1. The fraction of sp³-hybridized carbons (Fsp3) is 0.125. The fourth-order valence-electron chi connectivity index (χ4n) is 2.24. The van der Waals surface area contributed by atoms with Crippen LogP contribution in [0.5, 0.6) is 0 Å². The van der Waals surface area contributed by atoms with E-state index in [0.717, 1.165) is 11.0 Å². The second-order valence-electron chi connectivity index (χ2n) is 4.60. The van der Waals surface area contributed by atoms with Crippen LogP contribution in [0.4, 0.5) is 5.69 Å². The summed E-state index contributed by atoms with van der Waals surface area (Å²) in [5, 5.41) is 0. The summed E-state index contributed by atoms with van der Waals surface area (Å²) in [6.45, 7) is 2.12. The molecule has 0 amide bonds. The van der Waals surface area contributed by atoms with E-state index >= 15 is 0 Å². The van der Waals surface area contributed by atoms with E-state index in [1.54, 1.807) is 31.5 Å². The van der Waals surface area contributed by atoms with Crippen molar-refractivity contribution in [2.45, 2.75) is 6.92 Å². The molecule has 0 bridgehead atoms. The van der Waals surface area contributed by atoms with Gasteiger partial charge in [0.05, 0.1) is 34.6 Å². The Hall–Kier alpha value is -2.82. The molecule has 0 aliphatic heterocycles. The second-order valence-corrected chi connectivity index (χ2v) is 4.60. The number of nitrogen functional groups attached to an aromatic ring is 1. The maximum absolute atomic E-state index is 11.9. The van der Waals surface area contributed by atoms with E-state index in [1.807, 2.05) is 28.8 Å². The molecule has 1 aromatic heterocycles. The van der Waals surface area contributed by atoms with Crippen LogP contribution in [0.25, 0.3) is 16.7 Å². The molecule has 0 saturated carbocycles. The number of carbonyl (C=O) groups excluding carboxylic acids is 1. The maximum Gasteiger partial charge on any atom is 0.338 e. The average Bonchev–Trinajstić information content (AvgIpc) is 2.92. The lowest BCUT2D eigenvalue weighted by molar-refractivity contribution is 0.0526. The van der Waals surface area contributed by atoms with Crippen molar-refractivity contribution in [1.29, 1.82) is 0 Å². The molecule has 0 aliphatic rings. The van der Waals surface area contributed by atoms with Gasteiger partial charge in [0.1, 0.15) is 6.33 Å². The summed E-state index contributed by atoms with van der Waals surface area (Å²) in [4.78, 5) is 16.2. The quantitative estimate of drug-likeness (QED) is 0.592. The molecule has 0 atom stereocenters. The van der Waals surface area contributed by atoms with E-state index in [1.165, 1.54) is 0 Å². The van der Waals surface area contributed by atoms with Gasteiger partial charge in [-0.2, -0.15) is 0 Å². The van der Waals surface area contributed by atoms with Gasteiger partial charge >= 0.3 is 5.97 Å². The molecule has 3 aromatic rings. The molecule has 21 heavy (non-hydrogen) atoms. The van der Waals surface area contributed by atoms with Crippen molar-refractivity contribution in [2.75, 3.05) is 12.3 Å². The van der Waals surface area contributed by atoms with Gasteiger partial charge < -0.3 is 10.5 Å². The Morgan fingerprint density at radius 3 is 2.90 bits per heavy atom. The molecular formula is C16H15N3O2. The minimum atomic E-state index is -0.358. The molecule has 0 fully saturated rings. The number of nitrogens with two attached hydrogens (primary N) is 1. The number of imidazole rings is 1. The third-order valence-corrected chi connectivity index (χ3v) is 3.25. The van der Waals surface area contributed by atoms with E-state index in [9.17, 15) is 4.79 Å². The molecule has 2 N–H and O–H groups in total. The molecule has 0 unspecified atom stereocenters. The lowest BCUT2D eigenvalue weighted by atomic mass is 10.1. The number of para-hydroxylation sites is 2. The molecule has 0 saturated heterocycles. The van der Waals surface area contributed by atoms with E-state index in [-0.39, 0.29) is 5.97 Å². The van der Waals surface area contributed by atoms with Crippen molar-refractivity contribution in [3.63, 3.8) is 0 Å². The molecule has 5 heteroatoms. The number of aromatic nitrogens is 2. The first-order valence-corrected chi connectivity index (χ1v) is 6.70. The largest absolute Gasteiger partial charge is 0.462 e. The first kappa shape index (κ1) is 13.2. The number of hydrogen-bond donors (Lipinski definition) is 1. The smallest absolute Gasteiger partial charge is 0.338 e. The zero-order valence-corrected chi connectivity index (χ0v) is 11.6. The van der Waals surface area contributed by atoms with E-state index in [0.29, 0.717) is 23.5 Å². The highest BCUT2D eigenvalue weighted by Crippen LogP contribution is 2.24. The number of carbonyl (C=O) groups is 1. The van der Waals surface area contributed by atoms with Gasteiger partial charge in [-0.05, 0) is 37.3 Å². The van der Waals surface area contributed by atoms with Gasteiger partial charge in [-0.1, -0.05) is 12.1 Å². The van der Waals surface area contributed by atoms with Gasteiger partial charge in [0.2, 0.25) is 0 Å². The molecule has 1 heterocycles. The number of rotatable bonds is 3. The highest BCUT2D eigenvalue weighted by atomic mass is 16.5. The van der Waals surface area contributed by atoms with Crippen LogP contribution in [0, 0.1) is 0 Å². The van der Waals surface area contributed by atoms with Gasteiger partial charge in [0.25, 0.3) is 0 Å². The van der Waals surface area contributed by atoms with Gasteiger partial charge in [0, 0.05) is 0 Å². The number of esters is 1. The highest BCUT2D eigenvalue weighted by Gasteiger charge is 2.12. The first-order chi connectivity index (χ1) is 10.2. The van der Waals surface area contributed by atoms with Crippen molar-refractivity contribution in [1.82, 2.24) is 9.55 Å². The molecule has 5 nitrogen and oxygen atoms in total. The third kappa shape index (κ3) is 2.33. The third-order valence-electron chi connectivity index (χ3n) is 3.25. The molecule has 0 spiro atoms. The summed E-state index contributed by atoms with van der Waals surface area (Å²) < 4.78 is 6.89. The van der Waals surface area contributed by atoms with Crippen LogP contribution in [-0.4, -0.2) is 22.1 Å². The second kappa shape index (κ2) is 5.28. The summed E-state index contributed by atoms with van der Waals surface area (Å²) in [7, 11) is 0. The Bertz CT molecular complexity index is 808. The average molecular weight is 281 g/mol. The van der Waals surface area contributed by atoms with E-state index < -0.39 is 0 Å². The Morgan fingerprint density at radius 2 is 2.10 bits per heavy atom. The zero-order chi connectivity index (χ0) is 14.8. The number of anilines is 1. The summed E-state index contributed by atoms with van der Waals surface area (Å²) in [6.07, 6.45) is 1.70. The van der Waals surface area contributed by atoms with Crippen LogP contribution in [0.1, 0.15) is 17.3 Å². The predicted octanol–water partition coefficient (Wildman–Crippen LogP) is 2.78. The van der Waals surface area contributed by atoms with Gasteiger partial charge in [-0.15, -0.1) is 0 Å². The highest BCUT2D eigenvalue weighted by molar-refractivity contribution is 5.91. The fourth-order valence-corrected chi connectivity index (χ4v) is 2.24. The Balaban J connectivity index is 2.13. The topological polar surface area (TPSA) is 70.1 Å². The molecule has 0 radical (unpaired) electrons. The van der Waals surface area contributed by atoms with Crippen molar-refractivity contribution in [3.05, 3.63) is 54.4 Å². The SMILES string of the molecule is CCOC(=O)c1ccc(N)c(-n2cnc3ccccc32)c1. The minimum absolute atomic E-state index is 0.340. The van der Waals surface area contributed by atoms with Crippen molar-refractivity contribution < 1.29 is 9.53 Å². The van der Waals surface area contributed by atoms with Crippen molar-refractivity contribution in [3.8, 4) is 5.69 Å². The lowest BCUT2D eigenvalue weighted by Crippen LogP contribution is -2.07. The Kier molecular flexibility index (Phi) is 3.31. The monoisotopic (exact) mass is 281 g/mol. The van der Waals surface area contributed by atoms with Crippen LogP contribution < -0.4 is 5.73 Å². The summed E-state index contributed by atoms with van der Waals surface area (Å²) in [6, 6.07) is 12.8. The Labute approximate surface area is 122 Å². The molecular weight excluding hydrogens is 266 g/mol. The predicted molar refractivity (Wildman–Crippen MR) is 81.4 cm³/mol. The maximum atomic E-state index is 11.9. The number of hydrogen-bond acceptors (Lipinski definition) is 4. The standard InChI is InChI=1S/C16H15N3O2/c1-2-21-16(20)11-7-8-12(17)15(9-11)19-10-18-13-5-3-4-6-14(13)19/h3-10H,2,17H2,1H3. The van der Waals surface area contributed by atoms with Crippen LogP contribution >= 0.6 is 0 Å². The van der Waals surface area contributed by atoms with Crippen LogP contribution in [0.3, 0.4) is 0 Å². The molecule has 0 aliphatic carbocycles. The normalized spacial score (nSPS) is 10.7. The van der Waals surface area contributed by atoms with Crippen molar-refractivity contribution in [2.24, 2.45) is 0 Å². The van der Waals surface area contributed by atoms with Gasteiger partial charge in [0.15, 0.2) is 0 Å². The number of fused-ring (bicyclic) bond motifs is 1. The zero-order valence-electron chi connectivity index (χ0n) is 11.6. The van der Waals surface area contributed by atoms with Gasteiger partial charge in [-0.3, -0.25) is 4.57 Å². The summed E-state index contributed by atoms with van der Waals surface area (Å²) >= 11 is 0. The lowest BCUT2D eigenvalue weighted by Gasteiger charge is -2.10. The summed E-state index contributed by atoms with van der Waals surface area (Å²) in [5.74, 6) is -0.358. The number of nitrogens with zero attached hydrogens (tertiary/aromatic N) is 2. The summed E-state index contributed by atoms with van der Waals surface area (Å²) in [5.41, 5.74) is 9.62. The van der Waals surface area contributed by atoms with Crippen LogP contribution in [-0.2, 0) is 4.74 Å². The van der Waals surface area contributed by atoms with Crippen LogP contribution in [0.15, 0.2) is 48.8 Å². The molecule has 3 rings (SSSR count). The molecule has 2 aromatic carbocycles. The Morgan fingerprint density at radius 1 is 1.29 bits per heavy atom. The minimum Gasteiger partial charge on any atom is -0.462 e.